The highest BCUT2D eigenvalue weighted by atomic mass is 127. The van der Waals surface area contributed by atoms with E-state index in [-0.39, 0.29) is 36.1 Å². The number of hydrogen-bond donors (Lipinski definition) is 1. The number of carbonyl (C=O) groups is 1. The number of fused-ring (bicyclic) bond motifs is 1. The second kappa shape index (κ2) is 10.2. The maximum Gasteiger partial charge on any atom is 0.410 e. The Labute approximate surface area is 202 Å². The molecule has 172 valence electrons. The first-order valence-electron chi connectivity index (χ1n) is 10.8. The molecule has 0 aromatic heterocycles. The van der Waals surface area contributed by atoms with Gasteiger partial charge in [-0.2, -0.15) is 0 Å². The summed E-state index contributed by atoms with van der Waals surface area (Å²) in [6.07, 6.45) is -0.233. The predicted octanol–water partition coefficient (Wildman–Crippen LogP) is 2.52. The first-order chi connectivity index (χ1) is 14.4. The van der Waals surface area contributed by atoms with Crippen molar-refractivity contribution in [1.82, 2.24) is 15.1 Å². The Balaban J connectivity index is 0.00000272. The van der Waals surface area contributed by atoms with E-state index in [1.54, 1.807) is 4.90 Å². The van der Waals surface area contributed by atoms with E-state index in [4.69, 9.17) is 14.5 Å². The SMILES string of the molecule is CC(C)(C)OC(=O)N1CCN2C(NCc3ccccc3N3CCOCC3)=NCC2C1.I. The van der Waals surface area contributed by atoms with Crippen LogP contribution in [-0.4, -0.2) is 86.0 Å². The van der Waals surface area contributed by atoms with Crippen molar-refractivity contribution in [1.29, 1.82) is 0 Å². The van der Waals surface area contributed by atoms with E-state index in [1.807, 2.05) is 20.8 Å². The molecule has 2 saturated heterocycles. The number of rotatable bonds is 3. The Bertz CT molecular complexity index is 792. The Morgan fingerprint density at radius 1 is 1.19 bits per heavy atom. The van der Waals surface area contributed by atoms with E-state index < -0.39 is 5.60 Å². The van der Waals surface area contributed by atoms with Crippen molar-refractivity contribution in [3.8, 4) is 0 Å². The molecule has 3 heterocycles. The molecule has 1 N–H and O–H groups in total. The van der Waals surface area contributed by atoms with Gasteiger partial charge in [0.1, 0.15) is 5.60 Å². The number of benzene rings is 1. The number of hydrogen-bond acceptors (Lipinski definition) is 7. The number of nitrogens with zero attached hydrogens (tertiary/aromatic N) is 4. The maximum absolute atomic E-state index is 12.4. The lowest BCUT2D eigenvalue weighted by molar-refractivity contribution is 0.0137. The monoisotopic (exact) mass is 543 g/mol. The highest BCUT2D eigenvalue weighted by Gasteiger charge is 2.36. The molecule has 9 heteroatoms. The van der Waals surface area contributed by atoms with Gasteiger partial charge in [0.05, 0.1) is 25.8 Å². The summed E-state index contributed by atoms with van der Waals surface area (Å²) in [5, 5.41) is 3.54. The molecule has 31 heavy (non-hydrogen) atoms. The number of morpholine rings is 1. The predicted molar refractivity (Wildman–Crippen MR) is 132 cm³/mol. The number of piperazine rings is 1. The van der Waals surface area contributed by atoms with Crippen LogP contribution >= 0.6 is 24.0 Å². The van der Waals surface area contributed by atoms with Crippen LogP contribution in [0.5, 0.6) is 0 Å². The van der Waals surface area contributed by atoms with Crippen LogP contribution in [0.2, 0.25) is 0 Å². The highest BCUT2D eigenvalue weighted by Crippen LogP contribution is 2.23. The molecular weight excluding hydrogens is 509 g/mol. The van der Waals surface area contributed by atoms with E-state index in [1.165, 1.54) is 11.3 Å². The number of ether oxygens (including phenoxy) is 2. The summed E-state index contributed by atoms with van der Waals surface area (Å²) in [7, 11) is 0. The second-order valence-electron chi connectivity index (χ2n) is 9.02. The topological polar surface area (TPSA) is 69.6 Å². The van der Waals surface area contributed by atoms with Crippen molar-refractivity contribution in [3.05, 3.63) is 29.8 Å². The van der Waals surface area contributed by atoms with Gasteiger partial charge in [-0.3, -0.25) is 4.99 Å². The molecule has 0 aliphatic carbocycles. The largest absolute Gasteiger partial charge is 0.444 e. The average Bonchev–Trinajstić information content (AvgIpc) is 3.14. The molecule has 8 nitrogen and oxygen atoms in total. The number of amides is 1. The van der Waals surface area contributed by atoms with Crippen molar-refractivity contribution < 1.29 is 14.3 Å². The van der Waals surface area contributed by atoms with Gasteiger partial charge in [0.15, 0.2) is 5.96 Å². The standard InChI is InChI=1S/C22H33N5O3.HI/c1-22(2,3)30-21(28)26-8-9-27-18(16-26)15-24-20(27)23-14-17-6-4-5-7-19(17)25-10-12-29-13-11-25;/h4-7,18H,8-16H2,1-3H3,(H,23,24);1H. The average molecular weight is 543 g/mol. The van der Waals surface area contributed by atoms with Crippen LogP contribution in [0.3, 0.4) is 0 Å². The van der Waals surface area contributed by atoms with Crippen molar-refractivity contribution >= 4 is 41.7 Å². The van der Waals surface area contributed by atoms with Gasteiger partial charge in [0.2, 0.25) is 0 Å². The van der Waals surface area contributed by atoms with Crippen LogP contribution in [0, 0.1) is 0 Å². The fourth-order valence-corrected chi connectivity index (χ4v) is 4.17. The minimum absolute atomic E-state index is 0. The lowest BCUT2D eigenvalue weighted by Crippen LogP contribution is -2.57. The van der Waals surface area contributed by atoms with Gasteiger partial charge in [0.25, 0.3) is 0 Å². The number of anilines is 1. The van der Waals surface area contributed by atoms with Crippen molar-refractivity contribution in [2.75, 3.05) is 57.4 Å². The smallest absolute Gasteiger partial charge is 0.410 e. The summed E-state index contributed by atoms with van der Waals surface area (Å²) >= 11 is 0. The van der Waals surface area contributed by atoms with Gasteiger partial charge in [-0.1, -0.05) is 18.2 Å². The summed E-state index contributed by atoms with van der Waals surface area (Å²) in [5.41, 5.74) is 2.05. The summed E-state index contributed by atoms with van der Waals surface area (Å²) in [5.74, 6) is 0.931. The quantitative estimate of drug-likeness (QED) is 0.592. The molecule has 0 saturated carbocycles. The van der Waals surface area contributed by atoms with E-state index in [0.717, 1.165) is 45.4 Å². The number of nitrogens with one attached hydrogen (secondary N) is 1. The third-order valence-corrected chi connectivity index (χ3v) is 5.64. The molecule has 3 aliphatic rings. The molecule has 3 aliphatic heterocycles. The maximum atomic E-state index is 12.4. The first kappa shape index (κ1) is 23.9. The zero-order chi connectivity index (χ0) is 21.1. The van der Waals surface area contributed by atoms with Crippen molar-refractivity contribution in [2.45, 2.75) is 39.0 Å². The molecule has 0 bridgehead atoms. The Morgan fingerprint density at radius 2 is 1.94 bits per heavy atom. The summed E-state index contributed by atoms with van der Waals surface area (Å²) < 4.78 is 11.0. The van der Waals surface area contributed by atoms with Crippen molar-refractivity contribution in [3.63, 3.8) is 0 Å². The van der Waals surface area contributed by atoms with Crippen LogP contribution in [0.1, 0.15) is 26.3 Å². The summed E-state index contributed by atoms with van der Waals surface area (Å²) in [6.45, 7) is 12.6. The molecule has 1 aromatic rings. The molecule has 1 amide bonds. The van der Waals surface area contributed by atoms with Crippen molar-refractivity contribution in [2.24, 2.45) is 4.99 Å². The van der Waals surface area contributed by atoms with Crippen LogP contribution < -0.4 is 10.2 Å². The lowest BCUT2D eigenvalue weighted by atomic mass is 10.1. The second-order valence-corrected chi connectivity index (χ2v) is 9.02. The zero-order valence-electron chi connectivity index (χ0n) is 18.7. The van der Waals surface area contributed by atoms with Crippen LogP contribution in [0.4, 0.5) is 10.5 Å². The molecule has 2 fully saturated rings. The highest BCUT2D eigenvalue weighted by molar-refractivity contribution is 14.0. The summed E-state index contributed by atoms with van der Waals surface area (Å²) in [6, 6.07) is 8.74. The van der Waals surface area contributed by atoms with Gasteiger partial charge in [-0.25, -0.2) is 4.79 Å². The van der Waals surface area contributed by atoms with Gasteiger partial charge >= 0.3 is 6.09 Å². The minimum atomic E-state index is -0.471. The van der Waals surface area contributed by atoms with Gasteiger partial charge in [-0.15, -0.1) is 24.0 Å². The number of carbonyl (C=O) groups excluding carboxylic acids is 1. The van der Waals surface area contributed by atoms with Crippen LogP contribution in [0.25, 0.3) is 0 Å². The zero-order valence-corrected chi connectivity index (χ0v) is 21.0. The third kappa shape index (κ3) is 5.94. The van der Waals surface area contributed by atoms with Gasteiger partial charge in [0, 0.05) is 45.0 Å². The molecule has 0 radical (unpaired) electrons. The van der Waals surface area contributed by atoms with Gasteiger partial charge in [-0.05, 0) is 32.4 Å². The molecular formula is C22H34IN5O3. The molecule has 1 aromatic carbocycles. The molecule has 0 spiro atoms. The Hall–Kier alpha value is -1.75. The van der Waals surface area contributed by atoms with E-state index in [2.05, 4.69) is 39.4 Å². The first-order valence-corrected chi connectivity index (χ1v) is 10.8. The molecule has 1 atom stereocenters. The minimum Gasteiger partial charge on any atom is -0.444 e. The third-order valence-electron chi connectivity index (χ3n) is 5.64. The Kier molecular flexibility index (Phi) is 7.90. The number of aliphatic imine (C=N–C) groups is 1. The number of para-hydroxylation sites is 1. The number of halogens is 1. The normalized spacial score (nSPS) is 21.2. The Morgan fingerprint density at radius 3 is 2.68 bits per heavy atom. The van der Waals surface area contributed by atoms with Crippen LogP contribution in [0.15, 0.2) is 29.3 Å². The van der Waals surface area contributed by atoms with Gasteiger partial charge < -0.3 is 29.5 Å². The lowest BCUT2D eigenvalue weighted by Gasteiger charge is -2.39. The number of guanidine groups is 1. The molecule has 1 unspecified atom stereocenters. The van der Waals surface area contributed by atoms with Crippen LogP contribution in [-0.2, 0) is 16.0 Å². The molecule has 4 rings (SSSR count). The fraction of sp³-hybridized carbons (Fsp3) is 0.636. The van der Waals surface area contributed by atoms with E-state index in [0.29, 0.717) is 19.6 Å². The summed E-state index contributed by atoms with van der Waals surface area (Å²) in [4.78, 5) is 23.6. The van der Waals surface area contributed by atoms with E-state index >= 15 is 0 Å². The fourth-order valence-electron chi connectivity index (χ4n) is 4.17. The van der Waals surface area contributed by atoms with E-state index in [9.17, 15) is 4.79 Å².